The van der Waals surface area contributed by atoms with Gasteiger partial charge in [-0.2, -0.15) is 5.10 Å². The molecule has 1 fully saturated rings. The molecule has 1 aromatic rings. The number of nitrogens with two attached hydrogens (primary N) is 1. The zero-order valence-corrected chi connectivity index (χ0v) is 10.1. The van der Waals surface area contributed by atoms with Gasteiger partial charge in [0.1, 0.15) is 5.82 Å². The number of anilines is 1. The molecular weight excluding hydrogens is 198 g/mol. The fourth-order valence-corrected chi connectivity index (χ4v) is 2.25. The van der Waals surface area contributed by atoms with Crippen LogP contribution in [0, 0.1) is 24.7 Å². The Bertz CT molecular complexity index is 428. The molecule has 2 rings (SSSR count). The van der Waals surface area contributed by atoms with Gasteiger partial charge in [-0.3, -0.25) is 4.68 Å². The topological polar surface area (TPSA) is 43.8 Å². The molecule has 3 heteroatoms. The van der Waals surface area contributed by atoms with Crippen molar-refractivity contribution in [3.8, 4) is 11.8 Å². The standard InChI is InChI=1S/C13H19N3/c1-10-12(13(14)16(2)15-10)9-8-11-6-4-3-5-7-11/h11H,3-7,14H2,1-2H3. The number of aromatic nitrogens is 2. The number of aryl methyl sites for hydroxylation is 2. The summed E-state index contributed by atoms with van der Waals surface area (Å²) in [4.78, 5) is 0. The van der Waals surface area contributed by atoms with E-state index in [2.05, 4.69) is 16.9 Å². The third-order valence-electron chi connectivity index (χ3n) is 3.27. The lowest BCUT2D eigenvalue weighted by Crippen LogP contribution is -2.03. The van der Waals surface area contributed by atoms with Crippen LogP contribution in [-0.4, -0.2) is 9.78 Å². The van der Waals surface area contributed by atoms with Crippen LogP contribution in [0.4, 0.5) is 5.82 Å². The van der Waals surface area contributed by atoms with Crippen LogP contribution >= 0.6 is 0 Å². The molecule has 1 heterocycles. The first-order valence-corrected chi connectivity index (χ1v) is 5.99. The summed E-state index contributed by atoms with van der Waals surface area (Å²) in [5.41, 5.74) is 7.76. The number of nitrogen functional groups attached to an aromatic ring is 1. The van der Waals surface area contributed by atoms with E-state index in [9.17, 15) is 0 Å². The third kappa shape index (κ3) is 2.21. The Morgan fingerprint density at radius 3 is 2.56 bits per heavy atom. The van der Waals surface area contributed by atoms with E-state index in [1.165, 1.54) is 32.1 Å². The molecule has 0 amide bonds. The maximum absolute atomic E-state index is 5.92. The van der Waals surface area contributed by atoms with Crippen molar-refractivity contribution in [1.82, 2.24) is 9.78 Å². The SMILES string of the molecule is Cc1nn(C)c(N)c1C#CC1CCCCC1. The van der Waals surface area contributed by atoms with Gasteiger partial charge < -0.3 is 5.73 Å². The molecule has 0 unspecified atom stereocenters. The van der Waals surface area contributed by atoms with Crippen LogP contribution in [0.1, 0.15) is 43.4 Å². The van der Waals surface area contributed by atoms with E-state index < -0.39 is 0 Å². The summed E-state index contributed by atoms with van der Waals surface area (Å²) in [6.45, 7) is 1.96. The molecule has 1 aliphatic carbocycles. The second kappa shape index (κ2) is 4.61. The second-order valence-electron chi connectivity index (χ2n) is 4.57. The molecule has 86 valence electrons. The highest BCUT2D eigenvalue weighted by molar-refractivity contribution is 5.54. The normalized spacial score (nSPS) is 16.9. The van der Waals surface area contributed by atoms with Gasteiger partial charge in [-0.1, -0.05) is 31.1 Å². The minimum absolute atomic E-state index is 0.563. The molecule has 0 aromatic carbocycles. The van der Waals surface area contributed by atoms with Crippen LogP contribution in [0.2, 0.25) is 0 Å². The smallest absolute Gasteiger partial charge is 0.137 e. The minimum atomic E-state index is 0.563. The number of hydrogen-bond donors (Lipinski definition) is 1. The van der Waals surface area contributed by atoms with E-state index in [0.29, 0.717) is 11.7 Å². The van der Waals surface area contributed by atoms with E-state index in [1.54, 1.807) is 4.68 Å². The highest BCUT2D eigenvalue weighted by Crippen LogP contribution is 2.23. The predicted molar refractivity (Wildman–Crippen MR) is 65.8 cm³/mol. The first-order chi connectivity index (χ1) is 7.68. The van der Waals surface area contributed by atoms with E-state index in [0.717, 1.165) is 11.3 Å². The minimum Gasteiger partial charge on any atom is -0.383 e. The van der Waals surface area contributed by atoms with E-state index in [-0.39, 0.29) is 0 Å². The quantitative estimate of drug-likeness (QED) is 0.677. The van der Waals surface area contributed by atoms with Gasteiger partial charge >= 0.3 is 0 Å². The lowest BCUT2D eigenvalue weighted by Gasteiger charge is -2.15. The fraction of sp³-hybridized carbons (Fsp3) is 0.615. The average Bonchev–Trinajstić information content (AvgIpc) is 2.53. The molecule has 2 N–H and O–H groups in total. The zero-order chi connectivity index (χ0) is 11.5. The highest BCUT2D eigenvalue weighted by Gasteiger charge is 2.11. The summed E-state index contributed by atoms with van der Waals surface area (Å²) < 4.78 is 1.69. The van der Waals surface area contributed by atoms with E-state index >= 15 is 0 Å². The lowest BCUT2D eigenvalue weighted by molar-refractivity contribution is 0.430. The Morgan fingerprint density at radius 1 is 1.31 bits per heavy atom. The molecule has 0 bridgehead atoms. The first kappa shape index (κ1) is 11.1. The van der Waals surface area contributed by atoms with Crippen molar-refractivity contribution in [2.24, 2.45) is 13.0 Å². The van der Waals surface area contributed by atoms with Crippen LogP contribution in [0.15, 0.2) is 0 Å². The molecule has 0 aliphatic heterocycles. The van der Waals surface area contributed by atoms with Gasteiger partial charge in [0.15, 0.2) is 0 Å². The van der Waals surface area contributed by atoms with Gasteiger partial charge in [0.05, 0.1) is 11.3 Å². The van der Waals surface area contributed by atoms with Crippen molar-refractivity contribution >= 4 is 5.82 Å². The van der Waals surface area contributed by atoms with Gasteiger partial charge in [0.2, 0.25) is 0 Å². The monoisotopic (exact) mass is 217 g/mol. The largest absolute Gasteiger partial charge is 0.383 e. The Kier molecular flexibility index (Phi) is 3.19. The van der Waals surface area contributed by atoms with E-state index in [4.69, 9.17) is 5.73 Å². The maximum Gasteiger partial charge on any atom is 0.137 e. The molecule has 0 spiro atoms. The summed E-state index contributed by atoms with van der Waals surface area (Å²) in [5.74, 6) is 7.81. The van der Waals surface area contributed by atoms with E-state index in [1.807, 2.05) is 14.0 Å². The van der Waals surface area contributed by atoms with Crippen molar-refractivity contribution in [1.29, 1.82) is 0 Å². The van der Waals surface area contributed by atoms with Crippen LogP contribution in [0.5, 0.6) is 0 Å². The molecular formula is C13H19N3. The summed E-state index contributed by atoms with van der Waals surface area (Å²) in [7, 11) is 1.86. The average molecular weight is 217 g/mol. The lowest BCUT2D eigenvalue weighted by atomic mass is 9.90. The van der Waals surface area contributed by atoms with Crippen molar-refractivity contribution in [2.75, 3.05) is 5.73 Å². The van der Waals surface area contributed by atoms with Crippen molar-refractivity contribution in [3.63, 3.8) is 0 Å². The van der Waals surface area contributed by atoms with Gasteiger partial charge in [0.25, 0.3) is 0 Å². The predicted octanol–water partition coefficient (Wildman–Crippen LogP) is 2.24. The summed E-state index contributed by atoms with van der Waals surface area (Å²) >= 11 is 0. The maximum atomic E-state index is 5.92. The first-order valence-electron chi connectivity index (χ1n) is 5.99. The summed E-state index contributed by atoms with van der Waals surface area (Å²) in [6, 6.07) is 0. The summed E-state index contributed by atoms with van der Waals surface area (Å²) in [5, 5.41) is 4.26. The Balaban J connectivity index is 2.16. The summed E-state index contributed by atoms with van der Waals surface area (Å²) in [6.07, 6.45) is 6.49. The van der Waals surface area contributed by atoms with Crippen LogP contribution in [0.3, 0.4) is 0 Å². The Labute approximate surface area is 97.0 Å². The zero-order valence-electron chi connectivity index (χ0n) is 10.1. The van der Waals surface area contributed by atoms with Gasteiger partial charge in [-0.05, 0) is 19.8 Å². The third-order valence-corrected chi connectivity index (χ3v) is 3.27. The number of hydrogen-bond acceptors (Lipinski definition) is 2. The number of rotatable bonds is 0. The van der Waals surface area contributed by atoms with Crippen LogP contribution in [0.25, 0.3) is 0 Å². The Morgan fingerprint density at radius 2 is 2.00 bits per heavy atom. The molecule has 1 aromatic heterocycles. The van der Waals surface area contributed by atoms with Crippen LogP contribution < -0.4 is 5.73 Å². The van der Waals surface area contributed by atoms with Crippen molar-refractivity contribution < 1.29 is 0 Å². The molecule has 1 saturated carbocycles. The van der Waals surface area contributed by atoms with Crippen molar-refractivity contribution in [2.45, 2.75) is 39.0 Å². The van der Waals surface area contributed by atoms with Crippen LogP contribution in [-0.2, 0) is 7.05 Å². The van der Waals surface area contributed by atoms with Crippen molar-refractivity contribution in [3.05, 3.63) is 11.3 Å². The molecule has 16 heavy (non-hydrogen) atoms. The molecule has 1 aliphatic rings. The second-order valence-corrected chi connectivity index (χ2v) is 4.57. The Hall–Kier alpha value is -1.43. The number of nitrogens with zero attached hydrogens (tertiary/aromatic N) is 2. The molecule has 0 atom stereocenters. The molecule has 3 nitrogen and oxygen atoms in total. The van der Waals surface area contributed by atoms with Gasteiger partial charge in [-0.15, -0.1) is 0 Å². The highest BCUT2D eigenvalue weighted by atomic mass is 15.3. The van der Waals surface area contributed by atoms with Gasteiger partial charge in [0, 0.05) is 13.0 Å². The molecule has 0 radical (unpaired) electrons. The van der Waals surface area contributed by atoms with Gasteiger partial charge in [-0.25, -0.2) is 0 Å². The fourth-order valence-electron chi connectivity index (χ4n) is 2.25. The molecule has 0 saturated heterocycles.